The summed E-state index contributed by atoms with van der Waals surface area (Å²) < 4.78 is 0. The van der Waals surface area contributed by atoms with Crippen molar-refractivity contribution in [3.63, 3.8) is 0 Å². The highest BCUT2D eigenvalue weighted by atomic mass is 14.9. The summed E-state index contributed by atoms with van der Waals surface area (Å²) in [6, 6.07) is 33.0. The number of fused-ring (bicyclic) bond motifs is 3. The standard InChI is InChI=1S/C33H26N/c1-33(2)31-11-7-6-10-29(31)30-21-16-26(22-32(30)33)25-14-19-28(20-15-25)34-27-17-12-24(13-18-27)23-8-4-3-5-9-23/h4-22,34H,1-2H3/q+1. The molecule has 0 fully saturated rings. The van der Waals surface area contributed by atoms with Crippen LogP contribution in [0.25, 0.3) is 27.8 Å². The molecule has 0 saturated carbocycles. The zero-order valence-electron chi connectivity index (χ0n) is 19.5. The fourth-order valence-electron chi connectivity index (χ4n) is 5.12. The smallest absolute Gasteiger partial charge is 0.103 e. The van der Waals surface area contributed by atoms with Gasteiger partial charge in [0.25, 0.3) is 0 Å². The van der Waals surface area contributed by atoms with Crippen molar-refractivity contribution >= 4 is 16.9 Å². The maximum atomic E-state index is 3.52. The van der Waals surface area contributed by atoms with Crippen LogP contribution in [0.5, 0.6) is 0 Å². The normalized spacial score (nSPS) is 14.7. The average molecular weight is 437 g/mol. The molecule has 0 spiro atoms. The zero-order chi connectivity index (χ0) is 23.1. The van der Waals surface area contributed by atoms with Crippen LogP contribution in [0.4, 0.5) is 11.4 Å². The van der Waals surface area contributed by atoms with Crippen LogP contribution >= 0.6 is 0 Å². The first kappa shape index (κ1) is 20.4. The quantitative estimate of drug-likeness (QED) is 0.315. The van der Waals surface area contributed by atoms with Crippen LogP contribution in [-0.2, 0) is 5.41 Å². The third-order valence-electron chi connectivity index (χ3n) is 7.03. The van der Waals surface area contributed by atoms with E-state index in [1.165, 1.54) is 44.5 Å². The number of hydrogen-bond donors (Lipinski definition) is 1. The van der Waals surface area contributed by atoms with Crippen molar-refractivity contribution in [2.45, 2.75) is 19.3 Å². The first-order chi connectivity index (χ1) is 16.6. The molecule has 2 aliphatic carbocycles. The number of allylic oxidation sites excluding steroid dienone is 6. The van der Waals surface area contributed by atoms with E-state index in [4.69, 9.17) is 0 Å². The molecule has 1 N–H and O–H groups in total. The fraction of sp³-hybridized carbons (Fsp3) is 0.0909. The summed E-state index contributed by atoms with van der Waals surface area (Å²) in [4.78, 5) is 0. The third-order valence-corrected chi connectivity index (χ3v) is 7.03. The molecular formula is C33H26N+. The molecule has 4 aromatic rings. The molecule has 0 aliphatic heterocycles. The van der Waals surface area contributed by atoms with E-state index in [0.29, 0.717) is 0 Å². The van der Waals surface area contributed by atoms with Crippen LogP contribution in [-0.4, -0.2) is 0 Å². The SMILES string of the molecule is CC1(C)c2ccccc2-c2ccc(-c3ccc(Nc4ccc(C5=CC=[C+]C=C5)cc4)cc3)cc21. The summed E-state index contributed by atoms with van der Waals surface area (Å²) in [5, 5.41) is 3.52. The summed E-state index contributed by atoms with van der Waals surface area (Å²) in [5.74, 6) is 0. The molecule has 6 rings (SSSR count). The second-order valence-electron chi connectivity index (χ2n) is 9.50. The minimum absolute atomic E-state index is 0.0214. The Kier molecular flexibility index (Phi) is 4.80. The van der Waals surface area contributed by atoms with Gasteiger partial charge in [0, 0.05) is 28.4 Å². The molecule has 162 valence electrons. The third kappa shape index (κ3) is 3.48. The minimum Gasteiger partial charge on any atom is -0.356 e. The summed E-state index contributed by atoms with van der Waals surface area (Å²) in [6.07, 6.45) is 11.1. The molecule has 0 amide bonds. The fourth-order valence-corrected chi connectivity index (χ4v) is 5.12. The summed E-state index contributed by atoms with van der Waals surface area (Å²) in [7, 11) is 0. The maximum Gasteiger partial charge on any atom is 0.103 e. The maximum absolute atomic E-state index is 3.52. The van der Waals surface area contributed by atoms with Crippen molar-refractivity contribution in [2.75, 3.05) is 5.32 Å². The van der Waals surface area contributed by atoms with E-state index in [9.17, 15) is 0 Å². The summed E-state index contributed by atoms with van der Waals surface area (Å²) in [6.45, 7) is 4.66. The van der Waals surface area contributed by atoms with E-state index >= 15 is 0 Å². The zero-order valence-corrected chi connectivity index (χ0v) is 19.5. The largest absolute Gasteiger partial charge is 0.356 e. The average Bonchev–Trinajstić information content (AvgIpc) is 3.12. The number of hydrogen-bond acceptors (Lipinski definition) is 1. The van der Waals surface area contributed by atoms with E-state index in [0.717, 1.165) is 11.4 Å². The van der Waals surface area contributed by atoms with Crippen LogP contribution in [0.1, 0.15) is 30.5 Å². The van der Waals surface area contributed by atoms with Gasteiger partial charge in [-0.05, 0) is 75.8 Å². The molecule has 0 heterocycles. The molecule has 0 radical (unpaired) electrons. The molecule has 4 aromatic carbocycles. The lowest BCUT2D eigenvalue weighted by Gasteiger charge is -2.22. The Morgan fingerprint density at radius 2 is 1.29 bits per heavy atom. The lowest BCUT2D eigenvalue weighted by atomic mass is 9.81. The molecule has 1 nitrogen and oxygen atoms in total. The van der Waals surface area contributed by atoms with Gasteiger partial charge in [0.15, 0.2) is 0 Å². The van der Waals surface area contributed by atoms with Gasteiger partial charge in [-0.25, -0.2) is 0 Å². The van der Waals surface area contributed by atoms with Gasteiger partial charge in [-0.15, -0.1) is 0 Å². The Morgan fingerprint density at radius 3 is 2.00 bits per heavy atom. The van der Waals surface area contributed by atoms with E-state index in [1.807, 2.05) is 12.2 Å². The van der Waals surface area contributed by atoms with Gasteiger partial charge in [-0.2, -0.15) is 0 Å². The van der Waals surface area contributed by atoms with Gasteiger partial charge in [-0.1, -0.05) is 62.4 Å². The highest BCUT2D eigenvalue weighted by molar-refractivity contribution is 5.84. The Labute approximate surface area is 201 Å². The topological polar surface area (TPSA) is 12.0 Å². The molecule has 0 unspecified atom stereocenters. The summed E-state index contributed by atoms with van der Waals surface area (Å²) >= 11 is 0. The molecule has 0 aromatic heterocycles. The molecular weight excluding hydrogens is 410 g/mol. The molecule has 0 saturated heterocycles. The molecule has 2 aliphatic rings. The van der Waals surface area contributed by atoms with E-state index in [-0.39, 0.29) is 5.41 Å². The van der Waals surface area contributed by atoms with Crippen molar-refractivity contribution in [3.05, 3.63) is 138 Å². The van der Waals surface area contributed by atoms with Gasteiger partial charge in [0.05, 0.1) is 17.7 Å². The van der Waals surface area contributed by atoms with Crippen LogP contribution < -0.4 is 5.32 Å². The highest BCUT2D eigenvalue weighted by Gasteiger charge is 2.35. The molecule has 0 bridgehead atoms. The van der Waals surface area contributed by atoms with Crippen molar-refractivity contribution in [1.29, 1.82) is 0 Å². The van der Waals surface area contributed by atoms with E-state index < -0.39 is 0 Å². The number of benzene rings is 4. The van der Waals surface area contributed by atoms with E-state index in [1.54, 1.807) is 0 Å². The van der Waals surface area contributed by atoms with Gasteiger partial charge >= 0.3 is 0 Å². The molecule has 34 heavy (non-hydrogen) atoms. The number of anilines is 2. The highest BCUT2D eigenvalue weighted by Crippen LogP contribution is 2.49. The number of rotatable bonds is 4. The van der Waals surface area contributed by atoms with Crippen LogP contribution in [0.3, 0.4) is 0 Å². The monoisotopic (exact) mass is 436 g/mol. The predicted molar refractivity (Wildman–Crippen MR) is 144 cm³/mol. The van der Waals surface area contributed by atoms with Crippen LogP contribution in [0.15, 0.2) is 115 Å². The second kappa shape index (κ2) is 7.99. The predicted octanol–water partition coefficient (Wildman–Crippen LogP) is 8.72. The van der Waals surface area contributed by atoms with Gasteiger partial charge in [0.1, 0.15) is 12.2 Å². The van der Waals surface area contributed by atoms with Crippen LogP contribution in [0.2, 0.25) is 0 Å². The minimum atomic E-state index is 0.0214. The molecule has 0 atom stereocenters. The van der Waals surface area contributed by atoms with Gasteiger partial charge in [-0.3, -0.25) is 0 Å². The van der Waals surface area contributed by atoms with Crippen molar-refractivity contribution < 1.29 is 0 Å². The van der Waals surface area contributed by atoms with Gasteiger partial charge < -0.3 is 5.32 Å². The second-order valence-corrected chi connectivity index (χ2v) is 9.50. The van der Waals surface area contributed by atoms with E-state index in [2.05, 4.69) is 128 Å². The lowest BCUT2D eigenvalue weighted by Crippen LogP contribution is -2.14. The van der Waals surface area contributed by atoms with Crippen molar-refractivity contribution in [1.82, 2.24) is 0 Å². The Bertz CT molecular complexity index is 1460. The first-order valence-electron chi connectivity index (χ1n) is 11.8. The van der Waals surface area contributed by atoms with Gasteiger partial charge in [0.2, 0.25) is 0 Å². The Balaban J connectivity index is 1.22. The van der Waals surface area contributed by atoms with Crippen molar-refractivity contribution in [3.8, 4) is 22.3 Å². The summed E-state index contributed by atoms with van der Waals surface area (Å²) in [5.41, 5.74) is 12.6. The lowest BCUT2D eigenvalue weighted by molar-refractivity contribution is 0.660. The molecule has 1 heteroatoms. The Hall–Kier alpha value is -4.19. The first-order valence-corrected chi connectivity index (χ1v) is 11.8. The van der Waals surface area contributed by atoms with Crippen LogP contribution in [0, 0.1) is 6.08 Å². The Morgan fingerprint density at radius 1 is 0.647 bits per heavy atom. The van der Waals surface area contributed by atoms with Crippen molar-refractivity contribution in [2.24, 2.45) is 0 Å². The number of nitrogens with one attached hydrogen (secondary N) is 1.